The van der Waals surface area contributed by atoms with Crippen molar-refractivity contribution in [3.8, 4) is 0 Å². The second kappa shape index (κ2) is 4.74. The van der Waals surface area contributed by atoms with Crippen LogP contribution in [0.25, 0.3) is 0 Å². The summed E-state index contributed by atoms with van der Waals surface area (Å²) in [4.78, 5) is 0. The predicted octanol–water partition coefficient (Wildman–Crippen LogP) is 2.55. The van der Waals surface area contributed by atoms with E-state index in [1.165, 1.54) is 0 Å². The molecule has 0 radical (unpaired) electrons. The van der Waals surface area contributed by atoms with Crippen LogP contribution in [0.4, 0.5) is 0 Å². The molecular weight excluding hydrogens is 222 g/mol. The largest absolute Gasteiger partial charge is 0.385 e. The molecule has 1 unspecified atom stereocenters. The predicted molar refractivity (Wildman–Crippen MR) is 66.6 cm³/mol. The number of piperidine rings is 1. The average molecular weight is 240 g/mol. The molecule has 0 aliphatic carbocycles. The zero-order valence-corrected chi connectivity index (χ0v) is 10.3. The highest BCUT2D eigenvalue weighted by molar-refractivity contribution is 6.31. The van der Waals surface area contributed by atoms with E-state index in [0.29, 0.717) is 5.02 Å². The van der Waals surface area contributed by atoms with Gasteiger partial charge in [-0.25, -0.2) is 0 Å². The Morgan fingerprint density at radius 1 is 1.31 bits per heavy atom. The Bertz CT molecular complexity index is 359. The van der Waals surface area contributed by atoms with Crippen LogP contribution in [0, 0.1) is 5.92 Å². The van der Waals surface area contributed by atoms with Gasteiger partial charge in [0.2, 0.25) is 0 Å². The standard InChI is InChI=1S/C13H18ClNO/c1-13(16,10-6-8-15-9-7-10)11-4-2-3-5-12(11)14/h2-5,10,15-16H,6-9H2,1H3. The minimum absolute atomic E-state index is 0.286. The molecule has 1 saturated heterocycles. The van der Waals surface area contributed by atoms with Crippen molar-refractivity contribution in [3.63, 3.8) is 0 Å². The summed E-state index contributed by atoms with van der Waals surface area (Å²) in [5, 5.41) is 14.6. The Kier molecular flexibility index (Phi) is 3.53. The van der Waals surface area contributed by atoms with Crippen LogP contribution in [-0.4, -0.2) is 18.2 Å². The lowest BCUT2D eigenvalue weighted by molar-refractivity contribution is -0.0185. The molecule has 2 rings (SSSR count). The SMILES string of the molecule is CC(O)(c1ccccc1Cl)C1CCNCC1. The smallest absolute Gasteiger partial charge is 0.0911 e. The maximum atomic E-state index is 10.7. The zero-order valence-electron chi connectivity index (χ0n) is 9.54. The van der Waals surface area contributed by atoms with E-state index in [9.17, 15) is 5.11 Å². The fourth-order valence-electron chi connectivity index (χ4n) is 2.48. The van der Waals surface area contributed by atoms with Gasteiger partial charge in [-0.05, 0) is 44.8 Å². The van der Waals surface area contributed by atoms with Gasteiger partial charge in [-0.1, -0.05) is 29.8 Å². The first-order chi connectivity index (χ1) is 7.62. The first-order valence-corrected chi connectivity index (χ1v) is 6.18. The van der Waals surface area contributed by atoms with Crippen molar-refractivity contribution >= 4 is 11.6 Å². The number of benzene rings is 1. The number of rotatable bonds is 2. The van der Waals surface area contributed by atoms with Gasteiger partial charge in [-0.2, -0.15) is 0 Å². The van der Waals surface area contributed by atoms with Crippen LogP contribution in [0.1, 0.15) is 25.3 Å². The Balaban J connectivity index is 2.26. The molecule has 0 aromatic heterocycles. The second-order valence-corrected chi connectivity index (χ2v) is 5.06. The van der Waals surface area contributed by atoms with Crippen molar-refractivity contribution in [2.75, 3.05) is 13.1 Å². The van der Waals surface area contributed by atoms with Gasteiger partial charge in [-0.3, -0.25) is 0 Å². The Labute approximate surface area is 102 Å². The average Bonchev–Trinajstić information content (AvgIpc) is 2.30. The van der Waals surface area contributed by atoms with E-state index >= 15 is 0 Å². The maximum Gasteiger partial charge on any atom is 0.0911 e. The Morgan fingerprint density at radius 2 is 1.94 bits per heavy atom. The van der Waals surface area contributed by atoms with Crippen molar-refractivity contribution < 1.29 is 5.11 Å². The van der Waals surface area contributed by atoms with E-state index < -0.39 is 5.60 Å². The van der Waals surface area contributed by atoms with Gasteiger partial charge < -0.3 is 10.4 Å². The molecule has 1 aromatic rings. The lowest BCUT2D eigenvalue weighted by Crippen LogP contribution is -2.40. The van der Waals surface area contributed by atoms with E-state index in [-0.39, 0.29) is 5.92 Å². The second-order valence-electron chi connectivity index (χ2n) is 4.65. The van der Waals surface area contributed by atoms with Crippen LogP contribution >= 0.6 is 11.6 Å². The monoisotopic (exact) mass is 239 g/mol. The summed E-state index contributed by atoms with van der Waals surface area (Å²) >= 11 is 6.15. The quantitative estimate of drug-likeness (QED) is 0.832. The van der Waals surface area contributed by atoms with E-state index in [1.807, 2.05) is 31.2 Å². The fourth-order valence-corrected chi connectivity index (χ4v) is 2.80. The molecule has 2 nitrogen and oxygen atoms in total. The molecule has 1 aliphatic rings. The van der Waals surface area contributed by atoms with E-state index in [4.69, 9.17) is 11.6 Å². The van der Waals surface area contributed by atoms with Crippen molar-refractivity contribution in [2.45, 2.75) is 25.4 Å². The first kappa shape index (κ1) is 11.9. The van der Waals surface area contributed by atoms with Gasteiger partial charge >= 0.3 is 0 Å². The third-order valence-electron chi connectivity index (χ3n) is 3.55. The summed E-state index contributed by atoms with van der Waals surface area (Å²) in [6, 6.07) is 7.58. The normalized spacial score (nSPS) is 21.7. The van der Waals surface area contributed by atoms with Gasteiger partial charge in [0.25, 0.3) is 0 Å². The number of hydrogen-bond acceptors (Lipinski definition) is 2. The number of halogens is 1. The molecule has 1 aliphatic heterocycles. The summed E-state index contributed by atoms with van der Waals surface area (Å²) in [6.07, 6.45) is 2.00. The highest BCUT2D eigenvalue weighted by Gasteiger charge is 2.35. The van der Waals surface area contributed by atoms with Crippen molar-refractivity contribution in [2.24, 2.45) is 5.92 Å². The highest BCUT2D eigenvalue weighted by atomic mass is 35.5. The molecule has 1 fully saturated rings. The Morgan fingerprint density at radius 3 is 2.56 bits per heavy atom. The van der Waals surface area contributed by atoms with E-state index in [2.05, 4.69) is 5.32 Å². The molecule has 1 aromatic carbocycles. The van der Waals surface area contributed by atoms with Gasteiger partial charge in [0, 0.05) is 10.6 Å². The molecule has 1 atom stereocenters. The molecule has 88 valence electrons. The molecule has 0 spiro atoms. The van der Waals surface area contributed by atoms with Gasteiger partial charge in [0.15, 0.2) is 0 Å². The molecule has 0 amide bonds. The molecule has 3 heteroatoms. The Hall–Kier alpha value is -0.570. The first-order valence-electron chi connectivity index (χ1n) is 5.80. The molecule has 2 N–H and O–H groups in total. The number of nitrogens with one attached hydrogen (secondary N) is 1. The molecule has 0 saturated carbocycles. The molecular formula is C13H18ClNO. The van der Waals surface area contributed by atoms with Crippen LogP contribution < -0.4 is 5.32 Å². The van der Waals surface area contributed by atoms with Crippen molar-refractivity contribution in [1.82, 2.24) is 5.32 Å². The minimum atomic E-state index is -0.819. The number of hydrogen-bond donors (Lipinski definition) is 2. The van der Waals surface area contributed by atoms with Gasteiger partial charge in [-0.15, -0.1) is 0 Å². The van der Waals surface area contributed by atoms with Crippen LogP contribution in [-0.2, 0) is 5.60 Å². The maximum absolute atomic E-state index is 10.7. The lowest BCUT2D eigenvalue weighted by atomic mass is 9.78. The van der Waals surface area contributed by atoms with Gasteiger partial charge in [0.05, 0.1) is 5.60 Å². The highest BCUT2D eigenvalue weighted by Crippen LogP contribution is 2.37. The van der Waals surface area contributed by atoms with Crippen LogP contribution in [0.3, 0.4) is 0 Å². The van der Waals surface area contributed by atoms with Crippen LogP contribution in [0.5, 0.6) is 0 Å². The molecule has 16 heavy (non-hydrogen) atoms. The molecule has 1 heterocycles. The third kappa shape index (κ3) is 2.24. The van der Waals surface area contributed by atoms with Gasteiger partial charge in [0.1, 0.15) is 0 Å². The third-order valence-corrected chi connectivity index (χ3v) is 3.88. The van der Waals surface area contributed by atoms with Crippen LogP contribution in [0.2, 0.25) is 5.02 Å². The topological polar surface area (TPSA) is 32.3 Å². The van der Waals surface area contributed by atoms with E-state index in [0.717, 1.165) is 31.5 Å². The van der Waals surface area contributed by atoms with E-state index in [1.54, 1.807) is 0 Å². The summed E-state index contributed by atoms with van der Waals surface area (Å²) in [5.41, 5.74) is 0.0315. The van der Waals surface area contributed by atoms with Crippen molar-refractivity contribution in [3.05, 3.63) is 34.9 Å². The minimum Gasteiger partial charge on any atom is -0.385 e. The lowest BCUT2D eigenvalue weighted by Gasteiger charge is -2.36. The number of aliphatic hydroxyl groups is 1. The summed E-state index contributed by atoms with van der Waals surface area (Å²) in [5.74, 6) is 0.286. The summed E-state index contributed by atoms with van der Waals surface area (Å²) < 4.78 is 0. The summed E-state index contributed by atoms with van der Waals surface area (Å²) in [6.45, 7) is 3.83. The fraction of sp³-hybridized carbons (Fsp3) is 0.538. The summed E-state index contributed by atoms with van der Waals surface area (Å²) in [7, 11) is 0. The molecule has 0 bridgehead atoms. The zero-order chi connectivity index (χ0) is 11.6. The van der Waals surface area contributed by atoms with Crippen LogP contribution in [0.15, 0.2) is 24.3 Å². The van der Waals surface area contributed by atoms with Crippen molar-refractivity contribution in [1.29, 1.82) is 0 Å².